The molecule has 0 N–H and O–H groups in total. The van der Waals surface area contributed by atoms with E-state index in [2.05, 4.69) is 15.6 Å². The molecule has 1 aliphatic rings. The number of thiazole rings is 1. The van der Waals surface area contributed by atoms with E-state index in [-0.39, 0.29) is 0 Å². The van der Waals surface area contributed by atoms with Gasteiger partial charge in [0.05, 0.1) is 12.5 Å². The summed E-state index contributed by atoms with van der Waals surface area (Å²) in [6, 6.07) is 0. The Bertz CT molecular complexity index is 355. The summed E-state index contributed by atoms with van der Waals surface area (Å²) in [5.74, 6) is 0.875. The minimum absolute atomic E-state index is 0.875. The molecule has 2 aromatic rings. The van der Waals surface area contributed by atoms with Crippen molar-refractivity contribution in [3.05, 3.63) is 23.6 Å². The van der Waals surface area contributed by atoms with Gasteiger partial charge in [-0.2, -0.15) is 0 Å². The van der Waals surface area contributed by atoms with Crippen LogP contribution in [0.1, 0.15) is 23.6 Å². The largest absolute Gasteiger partial charge is 0.297 e. The number of nitrogens with zero attached hydrogens (tertiary/aromatic N) is 2. The fraction of sp³-hybridized carbons (Fsp3) is 0.375. The summed E-state index contributed by atoms with van der Waals surface area (Å²) < 4.78 is 2.11. The van der Waals surface area contributed by atoms with Gasteiger partial charge in [-0.05, 0) is 18.8 Å². The maximum Gasteiger partial charge on any atom is 0.119 e. The van der Waals surface area contributed by atoms with Gasteiger partial charge in [0, 0.05) is 11.1 Å². The normalized spacial score (nSPS) is 17.8. The van der Waals surface area contributed by atoms with E-state index in [0.717, 1.165) is 5.92 Å². The van der Waals surface area contributed by atoms with Crippen molar-refractivity contribution < 1.29 is 0 Å². The maximum absolute atomic E-state index is 4.06. The number of hydrogen-bond donors (Lipinski definition) is 0. The van der Waals surface area contributed by atoms with Crippen LogP contribution in [0.5, 0.6) is 0 Å². The fourth-order valence-electron chi connectivity index (χ4n) is 1.31. The monoisotopic (exact) mass is 164 g/mol. The number of aromatic nitrogens is 2. The first-order valence-corrected chi connectivity index (χ1v) is 4.66. The Morgan fingerprint density at radius 2 is 2.45 bits per heavy atom. The van der Waals surface area contributed by atoms with Crippen molar-refractivity contribution in [2.75, 3.05) is 0 Å². The topological polar surface area (TPSA) is 17.3 Å². The molecule has 3 heteroatoms. The summed E-state index contributed by atoms with van der Waals surface area (Å²) in [4.78, 5) is 6.86. The van der Waals surface area contributed by atoms with Gasteiger partial charge in [-0.1, -0.05) is 0 Å². The van der Waals surface area contributed by atoms with Crippen LogP contribution < -0.4 is 0 Å². The first kappa shape index (κ1) is 5.77. The van der Waals surface area contributed by atoms with E-state index in [4.69, 9.17) is 0 Å². The number of hydrogen-bond acceptors (Lipinski definition) is 2. The number of fused-ring (bicyclic) bond motifs is 1. The van der Waals surface area contributed by atoms with Gasteiger partial charge in [0.2, 0.25) is 0 Å². The van der Waals surface area contributed by atoms with Crippen molar-refractivity contribution in [2.24, 2.45) is 0 Å². The van der Waals surface area contributed by atoms with E-state index in [1.54, 1.807) is 0 Å². The number of rotatable bonds is 1. The molecule has 0 saturated heterocycles. The Balaban J connectivity index is 2.22. The van der Waals surface area contributed by atoms with E-state index >= 15 is 0 Å². The van der Waals surface area contributed by atoms with Gasteiger partial charge in [-0.3, -0.25) is 4.40 Å². The smallest absolute Gasteiger partial charge is 0.119 e. The summed E-state index contributed by atoms with van der Waals surface area (Å²) in [5.41, 5.74) is 0. The predicted octanol–water partition coefficient (Wildman–Crippen LogP) is 2.27. The zero-order chi connectivity index (χ0) is 7.26. The van der Waals surface area contributed by atoms with Crippen LogP contribution in [0.4, 0.5) is 0 Å². The first-order valence-electron chi connectivity index (χ1n) is 3.85. The van der Waals surface area contributed by atoms with Crippen LogP contribution in [0.25, 0.3) is 4.83 Å². The molecule has 2 nitrogen and oxygen atoms in total. The summed E-state index contributed by atoms with van der Waals surface area (Å²) in [7, 11) is 0. The second-order valence-corrected chi connectivity index (χ2v) is 4.14. The van der Waals surface area contributed by atoms with Gasteiger partial charge in [0.25, 0.3) is 0 Å². The summed E-state index contributed by atoms with van der Waals surface area (Å²) in [6.07, 6.45) is 8.78. The molecular weight excluding hydrogens is 156 g/mol. The van der Waals surface area contributed by atoms with Gasteiger partial charge in [0.15, 0.2) is 0 Å². The quantitative estimate of drug-likeness (QED) is 0.632. The minimum Gasteiger partial charge on any atom is -0.297 e. The molecule has 3 rings (SSSR count). The lowest BCUT2D eigenvalue weighted by Gasteiger charge is -1.82. The van der Waals surface area contributed by atoms with Gasteiger partial charge in [-0.25, -0.2) is 4.98 Å². The van der Waals surface area contributed by atoms with Gasteiger partial charge in [-0.15, -0.1) is 11.3 Å². The highest BCUT2D eigenvalue weighted by Gasteiger charge is 2.25. The van der Waals surface area contributed by atoms with Crippen molar-refractivity contribution >= 4 is 16.2 Å². The average Bonchev–Trinajstić information content (AvgIpc) is 2.60. The standard InChI is InChI=1S/C8H8N2S/c1-2-6(1)7-4-10-5-9-3-8(10)11-7/h3-6H,1-2H2. The second kappa shape index (κ2) is 1.85. The SMILES string of the molecule is c1ncn2cc(C3CC3)sc12. The zero-order valence-electron chi connectivity index (χ0n) is 6.03. The Labute approximate surface area is 68.5 Å². The Morgan fingerprint density at radius 3 is 3.18 bits per heavy atom. The van der Waals surface area contributed by atoms with Crippen LogP contribution in [0.2, 0.25) is 0 Å². The molecule has 56 valence electrons. The summed E-state index contributed by atoms with van der Waals surface area (Å²) in [6.45, 7) is 0. The molecule has 0 amide bonds. The molecule has 11 heavy (non-hydrogen) atoms. The molecule has 0 atom stereocenters. The Morgan fingerprint density at radius 1 is 1.55 bits per heavy atom. The van der Waals surface area contributed by atoms with Crippen molar-refractivity contribution in [3.63, 3.8) is 0 Å². The minimum atomic E-state index is 0.875. The first-order chi connectivity index (χ1) is 5.43. The van der Waals surface area contributed by atoms with E-state index in [9.17, 15) is 0 Å². The van der Waals surface area contributed by atoms with Crippen LogP contribution in [0.3, 0.4) is 0 Å². The van der Waals surface area contributed by atoms with E-state index in [1.165, 1.54) is 22.5 Å². The van der Waals surface area contributed by atoms with Crippen molar-refractivity contribution in [3.8, 4) is 0 Å². The van der Waals surface area contributed by atoms with Gasteiger partial charge < -0.3 is 0 Å². The Hall–Kier alpha value is -0.830. The highest BCUT2D eigenvalue weighted by atomic mass is 32.1. The molecule has 0 aromatic carbocycles. The highest BCUT2D eigenvalue weighted by molar-refractivity contribution is 7.17. The summed E-state index contributed by atoms with van der Waals surface area (Å²) >= 11 is 1.87. The second-order valence-electron chi connectivity index (χ2n) is 3.05. The van der Waals surface area contributed by atoms with E-state index in [0.29, 0.717) is 0 Å². The van der Waals surface area contributed by atoms with Crippen LogP contribution in [0.15, 0.2) is 18.7 Å². The van der Waals surface area contributed by atoms with Crippen LogP contribution in [-0.4, -0.2) is 9.38 Å². The maximum atomic E-state index is 4.06. The molecule has 1 saturated carbocycles. The third kappa shape index (κ3) is 0.807. The summed E-state index contributed by atoms with van der Waals surface area (Å²) in [5, 5.41) is 0. The molecule has 2 heterocycles. The number of imidazole rings is 1. The average molecular weight is 164 g/mol. The third-order valence-corrected chi connectivity index (χ3v) is 3.30. The van der Waals surface area contributed by atoms with Crippen molar-refractivity contribution in [2.45, 2.75) is 18.8 Å². The van der Waals surface area contributed by atoms with Crippen LogP contribution in [-0.2, 0) is 0 Å². The fourth-order valence-corrected chi connectivity index (χ4v) is 2.44. The van der Waals surface area contributed by atoms with E-state index < -0.39 is 0 Å². The molecule has 1 fully saturated rings. The van der Waals surface area contributed by atoms with E-state index in [1.807, 2.05) is 23.9 Å². The Kier molecular flexibility index (Phi) is 0.973. The third-order valence-electron chi connectivity index (χ3n) is 2.10. The molecule has 1 aliphatic carbocycles. The zero-order valence-corrected chi connectivity index (χ0v) is 6.84. The molecule has 0 unspecified atom stereocenters. The predicted molar refractivity (Wildman–Crippen MR) is 45.0 cm³/mol. The molecule has 2 aromatic heterocycles. The van der Waals surface area contributed by atoms with Crippen LogP contribution >= 0.6 is 11.3 Å². The molecule has 0 aliphatic heterocycles. The van der Waals surface area contributed by atoms with Crippen molar-refractivity contribution in [1.29, 1.82) is 0 Å². The lowest BCUT2D eigenvalue weighted by Crippen LogP contribution is -1.71. The lowest BCUT2D eigenvalue weighted by molar-refractivity contribution is 1.11. The molecule has 0 radical (unpaired) electrons. The molecular formula is C8H8N2S. The van der Waals surface area contributed by atoms with Crippen LogP contribution in [0, 0.1) is 0 Å². The van der Waals surface area contributed by atoms with Crippen molar-refractivity contribution in [1.82, 2.24) is 9.38 Å². The molecule has 0 spiro atoms. The van der Waals surface area contributed by atoms with Gasteiger partial charge >= 0.3 is 0 Å². The molecule has 0 bridgehead atoms. The van der Waals surface area contributed by atoms with Gasteiger partial charge in [0.1, 0.15) is 4.83 Å². The highest BCUT2D eigenvalue weighted by Crippen LogP contribution is 2.43. The lowest BCUT2D eigenvalue weighted by atomic mass is 10.4.